The summed E-state index contributed by atoms with van der Waals surface area (Å²) in [5.41, 5.74) is 3.35. The van der Waals surface area contributed by atoms with Crippen molar-refractivity contribution in [1.82, 2.24) is 0 Å². The fourth-order valence-electron chi connectivity index (χ4n) is 4.84. The van der Waals surface area contributed by atoms with Crippen molar-refractivity contribution in [2.75, 3.05) is 6.61 Å². The predicted molar refractivity (Wildman–Crippen MR) is 162 cm³/mol. The Morgan fingerprint density at radius 3 is 1.58 bits per heavy atom. The van der Waals surface area contributed by atoms with Crippen LogP contribution in [0.2, 0.25) is 0 Å². The number of rotatable bonds is 22. The van der Waals surface area contributed by atoms with Crippen molar-refractivity contribution in [1.29, 1.82) is 0 Å². The minimum Gasteiger partial charge on any atom is -0.494 e. The zero-order chi connectivity index (χ0) is 27.3. The van der Waals surface area contributed by atoms with Gasteiger partial charge in [-0.15, -0.1) is 0 Å². The Hall–Kier alpha value is -2.29. The zero-order valence-electron chi connectivity index (χ0n) is 24.6. The van der Waals surface area contributed by atoms with Gasteiger partial charge in [-0.25, -0.2) is 0 Å². The number of hydrogen-bond acceptors (Lipinski definition) is 3. The topological polar surface area (TPSA) is 35.5 Å². The Bertz CT molecular complexity index is 840. The third-order valence-corrected chi connectivity index (χ3v) is 7.38. The molecular formula is C35H54O3. The molecule has 0 saturated heterocycles. The van der Waals surface area contributed by atoms with Gasteiger partial charge in [0.2, 0.25) is 0 Å². The van der Waals surface area contributed by atoms with Crippen molar-refractivity contribution >= 4 is 5.97 Å². The maximum absolute atomic E-state index is 12.3. The van der Waals surface area contributed by atoms with E-state index in [-0.39, 0.29) is 12.1 Å². The van der Waals surface area contributed by atoms with Crippen molar-refractivity contribution < 1.29 is 14.3 Å². The van der Waals surface area contributed by atoms with Crippen LogP contribution in [0.1, 0.15) is 142 Å². The van der Waals surface area contributed by atoms with E-state index in [1.807, 2.05) is 6.92 Å². The van der Waals surface area contributed by atoms with Crippen molar-refractivity contribution in [3.8, 4) is 16.9 Å². The van der Waals surface area contributed by atoms with Gasteiger partial charge in [-0.3, -0.25) is 4.79 Å². The highest BCUT2D eigenvalue weighted by molar-refractivity contribution is 5.70. The lowest BCUT2D eigenvalue weighted by Crippen LogP contribution is -2.08. The Morgan fingerprint density at radius 2 is 1.05 bits per heavy atom. The average molecular weight is 523 g/mol. The van der Waals surface area contributed by atoms with E-state index in [1.165, 1.54) is 83.5 Å². The molecule has 0 amide bonds. The number of hydrogen-bond donors (Lipinski definition) is 0. The van der Waals surface area contributed by atoms with Crippen molar-refractivity contribution in [2.24, 2.45) is 0 Å². The highest BCUT2D eigenvalue weighted by Crippen LogP contribution is 2.26. The number of unbranched alkanes of at least 4 members (excludes halogenated alkanes) is 14. The molecule has 0 aliphatic rings. The molecular weight excluding hydrogens is 468 g/mol. The maximum atomic E-state index is 12.3. The molecule has 2 aromatic carbocycles. The van der Waals surface area contributed by atoms with Gasteiger partial charge in [-0.1, -0.05) is 140 Å². The van der Waals surface area contributed by atoms with Gasteiger partial charge in [-0.05, 0) is 48.6 Å². The molecule has 38 heavy (non-hydrogen) atoms. The van der Waals surface area contributed by atoms with Crippen LogP contribution in [0.15, 0.2) is 48.5 Å². The second-order valence-corrected chi connectivity index (χ2v) is 10.8. The lowest BCUT2D eigenvalue weighted by Gasteiger charge is -2.14. The molecule has 2 aromatic rings. The van der Waals surface area contributed by atoms with Gasteiger partial charge < -0.3 is 9.47 Å². The molecule has 0 spiro atoms. The fraction of sp³-hybridized carbons (Fsp3) is 0.629. The first-order valence-electron chi connectivity index (χ1n) is 15.7. The van der Waals surface area contributed by atoms with E-state index in [0.29, 0.717) is 6.42 Å². The quantitative estimate of drug-likeness (QED) is 0.114. The first-order valence-corrected chi connectivity index (χ1v) is 15.7. The van der Waals surface area contributed by atoms with Gasteiger partial charge in [0.15, 0.2) is 0 Å². The molecule has 0 bridgehead atoms. The van der Waals surface area contributed by atoms with Gasteiger partial charge in [0.05, 0.1) is 6.61 Å². The number of esters is 1. The van der Waals surface area contributed by atoms with E-state index in [2.05, 4.69) is 62.4 Å². The lowest BCUT2D eigenvalue weighted by molar-refractivity contribution is -0.148. The van der Waals surface area contributed by atoms with E-state index in [4.69, 9.17) is 9.47 Å². The molecule has 0 aliphatic carbocycles. The standard InChI is InChI=1S/C35H54O3/c1-4-6-8-10-12-14-16-18-20-35(36)38-30(3)31-21-23-32(24-22-31)33-25-27-34(28-26-33)37-29-19-17-15-13-11-9-7-5-2/h21-28,30H,4-20,29H2,1-3H3. The zero-order valence-corrected chi connectivity index (χ0v) is 24.6. The van der Waals surface area contributed by atoms with Crippen LogP contribution in [0.25, 0.3) is 11.1 Å². The van der Waals surface area contributed by atoms with Gasteiger partial charge in [0.25, 0.3) is 0 Å². The maximum Gasteiger partial charge on any atom is 0.306 e. The second-order valence-electron chi connectivity index (χ2n) is 10.8. The molecule has 0 N–H and O–H groups in total. The minimum absolute atomic E-state index is 0.0878. The Labute approximate surface area is 233 Å². The Kier molecular flexibility index (Phi) is 17.3. The summed E-state index contributed by atoms with van der Waals surface area (Å²) in [5, 5.41) is 0. The highest BCUT2D eigenvalue weighted by Gasteiger charge is 2.12. The third kappa shape index (κ3) is 14.0. The number of carbonyl (C=O) groups is 1. The largest absolute Gasteiger partial charge is 0.494 e. The Balaban J connectivity index is 1.64. The van der Waals surface area contributed by atoms with Crippen LogP contribution in [-0.4, -0.2) is 12.6 Å². The van der Waals surface area contributed by atoms with Crippen molar-refractivity contribution in [3.05, 3.63) is 54.1 Å². The van der Waals surface area contributed by atoms with Crippen LogP contribution >= 0.6 is 0 Å². The summed E-state index contributed by atoms with van der Waals surface area (Å²) in [5.74, 6) is 0.848. The van der Waals surface area contributed by atoms with Crippen molar-refractivity contribution in [2.45, 2.75) is 136 Å². The molecule has 3 nitrogen and oxygen atoms in total. The Morgan fingerprint density at radius 1 is 0.605 bits per heavy atom. The number of ether oxygens (including phenoxy) is 2. The molecule has 1 unspecified atom stereocenters. The molecule has 0 radical (unpaired) electrons. The molecule has 2 rings (SSSR count). The van der Waals surface area contributed by atoms with Crippen LogP contribution in [0.3, 0.4) is 0 Å². The summed E-state index contributed by atoms with van der Waals surface area (Å²) >= 11 is 0. The minimum atomic E-state index is -0.224. The molecule has 3 heteroatoms. The summed E-state index contributed by atoms with van der Waals surface area (Å²) in [7, 11) is 0. The average Bonchev–Trinajstić information content (AvgIpc) is 2.94. The smallest absolute Gasteiger partial charge is 0.306 e. The van der Waals surface area contributed by atoms with Gasteiger partial charge in [0, 0.05) is 6.42 Å². The number of benzene rings is 2. The summed E-state index contributed by atoms with van der Waals surface area (Å²) in [4.78, 5) is 12.3. The highest BCUT2D eigenvalue weighted by atomic mass is 16.5. The van der Waals surface area contributed by atoms with E-state index in [1.54, 1.807) is 0 Å². The van der Waals surface area contributed by atoms with Gasteiger partial charge in [0.1, 0.15) is 11.9 Å². The molecule has 0 heterocycles. The lowest BCUT2D eigenvalue weighted by atomic mass is 10.0. The SMILES string of the molecule is CCCCCCCCCCOc1ccc(-c2ccc(C(C)OC(=O)CCCCCCCCCC)cc2)cc1. The number of carbonyl (C=O) groups excluding carboxylic acids is 1. The summed E-state index contributed by atoms with van der Waals surface area (Å²) in [6, 6.07) is 16.7. The normalized spacial score (nSPS) is 11.9. The first kappa shape index (κ1) is 31.9. The summed E-state index contributed by atoms with van der Waals surface area (Å²) in [6.45, 7) is 7.26. The van der Waals surface area contributed by atoms with Crippen molar-refractivity contribution in [3.63, 3.8) is 0 Å². The van der Waals surface area contributed by atoms with Gasteiger partial charge >= 0.3 is 5.97 Å². The van der Waals surface area contributed by atoms with Crippen LogP contribution < -0.4 is 4.74 Å². The molecule has 0 aromatic heterocycles. The van der Waals surface area contributed by atoms with E-state index in [9.17, 15) is 4.79 Å². The molecule has 0 saturated carbocycles. The summed E-state index contributed by atoms with van der Waals surface area (Å²) < 4.78 is 11.6. The monoisotopic (exact) mass is 522 g/mol. The van der Waals surface area contributed by atoms with E-state index < -0.39 is 0 Å². The van der Waals surface area contributed by atoms with Gasteiger partial charge in [-0.2, -0.15) is 0 Å². The van der Waals surface area contributed by atoms with Crippen LogP contribution in [0, 0.1) is 0 Å². The summed E-state index contributed by atoms with van der Waals surface area (Å²) in [6.07, 6.45) is 20.6. The predicted octanol–water partition coefficient (Wildman–Crippen LogP) is 11.0. The van der Waals surface area contributed by atoms with Crippen LogP contribution in [0.4, 0.5) is 0 Å². The molecule has 1 atom stereocenters. The van der Waals surface area contributed by atoms with Crippen LogP contribution in [-0.2, 0) is 9.53 Å². The molecule has 0 aliphatic heterocycles. The molecule has 0 fully saturated rings. The second kappa shape index (κ2) is 20.6. The fourth-order valence-corrected chi connectivity index (χ4v) is 4.84. The van der Waals surface area contributed by atoms with E-state index in [0.717, 1.165) is 48.3 Å². The molecule has 212 valence electrons. The van der Waals surface area contributed by atoms with E-state index >= 15 is 0 Å². The van der Waals surface area contributed by atoms with Crippen LogP contribution in [0.5, 0.6) is 5.75 Å². The first-order chi connectivity index (χ1) is 18.6. The third-order valence-electron chi connectivity index (χ3n) is 7.38.